The number of hydrogen-bond donors (Lipinski definition) is 0. The average molecular weight is 269 g/mol. The number of carbonyl (C=O) groups excluding carboxylic acids is 1. The number of aromatic nitrogens is 2. The third kappa shape index (κ3) is 3.25. The number of esters is 1. The van der Waals surface area contributed by atoms with E-state index in [4.69, 9.17) is 16.3 Å². The highest BCUT2D eigenvalue weighted by atomic mass is 35.5. The monoisotopic (exact) mass is 268 g/mol. The first kappa shape index (κ1) is 12.0. The Kier molecular flexibility index (Phi) is 3.71. The summed E-state index contributed by atoms with van der Waals surface area (Å²) in [6, 6.07) is 3.12. The van der Waals surface area contributed by atoms with Gasteiger partial charge in [0.1, 0.15) is 16.8 Å². The highest BCUT2D eigenvalue weighted by Gasteiger charge is 2.09. The second kappa shape index (κ2) is 5.25. The maximum atomic E-state index is 11.6. The smallest absolute Gasteiger partial charge is 0.340 e. The predicted molar refractivity (Wildman–Crippen MR) is 65.2 cm³/mol. The fourth-order valence-electron chi connectivity index (χ4n) is 1.18. The van der Waals surface area contributed by atoms with Crippen LogP contribution in [0.5, 0.6) is 0 Å². The highest BCUT2D eigenvalue weighted by molar-refractivity contribution is 7.09. The number of thiazole rings is 1. The summed E-state index contributed by atoms with van der Waals surface area (Å²) in [7, 11) is 0. The van der Waals surface area contributed by atoms with Crippen LogP contribution in [0.15, 0.2) is 23.7 Å². The number of aryl methyl sites for hydroxylation is 1. The van der Waals surface area contributed by atoms with Gasteiger partial charge in [0.15, 0.2) is 0 Å². The van der Waals surface area contributed by atoms with E-state index < -0.39 is 5.97 Å². The molecule has 0 amide bonds. The second-order valence-electron chi connectivity index (χ2n) is 3.33. The van der Waals surface area contributed by atoms with E-state index in [1.54, 1.807) is 12.1 Å². The van der Waals surface area contributed by atoms with Crippen molar-refractivity contribution < 1.29 is 9.53 Å². The van der Waals surface area contributed by atoms with Crippen molar-refractivity contribution in [2.75, 3.05) is 0 Å². The molecule has 88 valence electrons. The molecule has 0 unspecified atom stereocenters. The van der Waals surface area contributed by atoms with E-state index >= 15 is 0 Å². The van der Waals surface area contributed by atoms with E-state index in [-0.39, 0.29) is 6.61 Å². The lowest BCUT2D eigenvalue weighted by atomic mass is 10.3. The van der Waals surface area contributed by atoms with Gasteiger partial charge in [-0.25, -0.2) is 14.8 Å². The molecule has 0 fully saturated rings. The third-order valence-corrected chi connectivity index (χ3v) is 3.12. The maximum Gasteiger partial charge on any atom is 0.340 e. The first-order chi connectivity index (χ1) is 8.15. The Morgan fingerprint density at radius 1 is 1.53 bits per heavy atom. The summed E-state index contributed by atoms with van der Waals surface area (Å²) >= 11 is 7.08. The van der Waals surface area contributed by atoms with Crippen LogP contribution in [-0.2, 0) is 11.3 Å². The number of pyridine rings is 1. The zero-order valence-corrected chi connectivity index (χ0v) is 10.6. The second-order valence-corrected chi connectivity index (χ2v) is 4.66. The molecule has 6 heteroatoms. The largest absolute Gasteiger partial charge is 0.455 e. The minimum Gasteiger partial charge on any atom is -0.455 e. The van der Waals surface area contributed by atoms with E-state index in [1.165, 1.54) is 17.5 Å². The van der Waals surface area contributed by atoms with Crippen LogP contribution in [0.4, 0.5) is 0 Å². The Hall–Kier alpha value is -1.46. The van der Waals surface area contributed by atoms with Gasteiger partial charge >= 0.3 is 5.97 Å². The topological polar surface area (TPSA) is 52.1 Å². The Balaban J connectivity index is 1.95. The lowest BCUT2D eigenvalue weighted by Gasteiger charge is -2.02. The van der Waals surface area contributed by atoms with E-state index in [2.05, 4.69) is 9.97 Å². The molecule has 17 heavy (non-hydrogen) atoms. The number of carbonyl (C=O) groups is 1. The minimum absolute atomic E-state index is 0.181. The van der Waals surface area contributed by atoms with Crippen LogP contribution in [0.25, 0.3) is 0 Å². The molecule has 0 saturated heterocycles. The highest BCUT2D eigenvalue weighted by Crippen LogP contribution is 2.12. The predicted octanol–water partition coefficient (Wildman–Crippen LogP) is 2.86. The molecule has 0 aliphatic heterocycles. The van der Waals surface area contributed by atoms with Gasteiger partial charge in [-0.05, 0) is 19.1 Å². The first-order valence-corrected chi connectivity index (χ1v) is 6.10. The molecule has 2 aromatic heterocycles. The Morgan fingerprint density at radius 3 is 2.94 bits per heavy atom. The zero-order valence-electron chi connectivity index (χ0n) is 9.01. The van der Waals surface area contributed by atoms with Crippen molar-refractivity contribution in [3.63, 3.8) is 0 Å². The molecule has 2 rings (SSSR count). The summed E-state index contributed by atoms with van der Waals surface area (Å²) < 4.78 is 5.09. The summed E-state index contributed by atoms with van der Waals surface area (Å²) in [5, 5.41) is 3.03. The van der Waals surface area contributed by atoms with E-state index in [0.29, 0.717) is 10.7 Å². The van der Waals surface area contributed by atoms with Crippen molar-refractivity contribution in [1.29, 1.82) is 0 Å². The van der Waals surface area contributed by atoms with Crippen LogP contribution in [0, 0.1) is 6.92 Å². The van der Waals surface area contributed by atoms with Crippen LogP contribution in [-0.4, -0.2) is 15.9 Å². The number of rotatable bonds is 3. The van der Waals surface area contributed by atoms with Gasteiger partial charge in [0.05, 0.1) is 5.56 Å². The van der Waals surface area contributed by atoms with Crippen molar-refractivity contribution in [1.82, 2.24) is 9.97 Å². The van der Waals surface area contributed by atoms with Crippen LogP contribution in [0.3, 0.4) is 0 Å². The van der Waals surface area contributed by atoms with Gasteiger partial charge in [-0.1, -0.05) is 11.6 Å². The van der Waals surface area contributed by atoms with Gasteiger partial charge < -0.3 is 4.74 Å². The molecule has 0 bridgehead atoms. The molecule has 0 aliphatic rings. The first-order valence-electron chi connectivity index (χ1n) is 4.85. The number of halogens is 1. The number of hydrogen-bond acceptors (Lipinski definition) is 5. The summed E-state index contributed by atoms with van der Waals surface area (Å²) in [5.74, 6) is -0.429. The van der Waals surface area contributed by atoms with Gasteiger partial charge in [-0.2, -0.15) is 0 Å². The van der Waals surface area contributed by atoms with E-state index in [1.807, 2.05) is 12.3 Å². The SMILES string of the molecule is Cc1csc(COC(=O)c2ccc(Cl)nc2)n1. The van der Waals surface area contributed by atoms with Gasteiger partial charge in [-0.3, -0.25) is 0 Å². The molecule has 0 aliphatic carbocycles. The van der Waals surface area contributed by atoms with E-state index in [0.717, 1.165) is 10.7 Å². The van der Waals surface area contributed by atoms with Crippen molar-refractivity contribution in [3.05, 3.63) is 45.1 Å². The van der Waals surface area contributed by atoms with Crippen LogP contribution >= 0.6 is 22.9 Å². The Morgan fingerprint density at radius 2 is 2.35 bits per heavy atom. The fourth-order valence-corrected chi connectivity index (χ4v) is 1.97. The molecular weight excluding hydrogens is 260 g/mol. The molecule has 0 saturated carbocycles. The average Bonchev–Trinajstić information content (AvgIpc) is 2.73. The van der Waals surface area contributed by atoms with Gasteiger partial charge in [0.25, 0.3) is 0 Å². The molecule has 0 N–H and O–H groups in total. The lowest BCUT2D eigenvalue weighted by Crippen LogP contribution is -2.05. The molecule has 2 aromatic rings. The number of ether oxygens (including phenoxy) is 1. The summed E-state index contributed by atoms with van der Waals surface area (Å²) in [6.45, 7) is 2.07. The van der Waals surface area contributed by atoms with Gasteiger partial charge in [-0.15, -0.1) is 11.3 Å². The standard InChI is InChI=1S/C11H9ClN2O2S/c1-7-6-17-10(14-7)5-16-11(15)8-2-3-9(12)13-4-8/h2-4,6H,5H2,1H3. The quantitative estimate of drug-likeness (QED) is 0.634. The summed E-state index contributed by atoms with van der Waals surface area (Å²) in [4.78, 5) is 19.6. The van der Waals surface area contributed by atoms with Crippen LogP contribution in [0.1, 0.15) is 21.1 Å². The molecule has 0 atom stereocenters. The molecule has 2 heterocycles. The molecule has 0 radical (unpaired) electrons. The number of nitrogens with zero attached hydrogens (tertiary/aromatic N) is 2. The lowest BCUT2D eigenvalue weighted by molar-refractivity contribution is 0.0472. The van der Waals surface area contributed by atoms with Crippen molar-refractivity contribution in [2.24, 2.45) is 0 Å². The van der Waals surface area contributed by atoms with Gasteiger partial charge in [0, 0.05) is 17.3 Å². The van der Waals surface area contributed by atoms with Crippen molar-refractivity contribution in [2.45, 2.75) is 13.5 Å². The zero-order chi connectivity index (χ0) is 12.3. The van der Waals surface area contributed by atoms with Crippen molar-refractivity contribution >= 4 is 28.9 Å². The van der Waals surface area contributed by atoms with E-state index in [9.17, 15) is 4.79 Å². The summed E-state index contributed by atoms with van der Waals surface area (Å²) in [5.41, 5.74) is 1.30. The molecule has 0 spiro atoms. The fraction of sp³-hybridized carbons (Fsp3) is 0.182. The normalized spacial score (nSPS) is 10.2. The molecular formula is C11H9ClN2O2S. The summed E-state index contributed by atoms with van der Waals surface area (Å²) in [6.07, 6.45) is 1.39. The Labute approximate surface area is 107 Å². The molecule has 0 aromatic carbocycles. The third-order valence-electron chi connectivity index (χ3n) is 1.96. The van der Waals surface area contributed by atoms with Crippen LogP contribution < -0.4 is 0 Å². The van der Waals surface area contributed by atoms with Crippen LogP contribution in [0.2, 0.25) is 5.15 Å². The molecule has 4 nitrogen and oxygen atoms in total. The minimum atomic E-state index is -0.429. The Bertz CT molecular complexity index is 525. The van der Waals surface area contributed by atoms with Gasteiger partial charge in [0.2, 0.25) is 0 Å². The van der Waals surface area contributed by atoms with Crippen molar-refractivity contribution in [3.8, 4) is 0 Å². The maximum absolute atomic E-state index is 11.6.